The standard InChI is InChI=1S/C5Cl3N4.H3N/c6-2-1-3(11-4(7)9-1)12-5(8)10-2;/h;1H3/q-1;/p+1. The van der Waals surface area contributed by atoms with Crippen molar-refractivity contribution in [2.45, 2.75) is 0 Å². The van der Waals surface area contributed by atoms with Crippen molar-refractivity contribution < 1.29 is 0 Å². The summed E-state index contributed by atoms with van der Waals surface area (Å²) in [6.45, 7) is 0. The highest BCUT2D eigenvalue weighted by Gasteiger charge is 2.00. The van der Waals surface area contributed by atoms with Gasteiger partial charge in [-0.25, -0.2) is 4.98 Å². The zero-order valence-electron chi connectivity index (χ0n) is 6.42. The summed E-state index contributed by atoms with van der Waals surface area (Å²) in [5.74, 6) is 0. The molecule has 70 valence electrons. The van der Waals surface area contributed by atoms with E-state index < -0.39 is 0 Å². The molecular weight excluding hydrogens is 236 g/mol. The van der Waals surface area contributed by atoms with Gasteiger partial charge in [0.25, 0.3) is 0 Å². The highest BCUT2D eigenvalue weighted by Crippen LogP contribution is 2.20. The molecule has 2 aromatic rings. The van der Waals surface area contributed by atoms with Gasteiger partial charge < -0.3 is 21.1 Å². The van der Waals surface area contributed by atoms with Crippen LogP contribution in [0.4, 0.5) is 0 Å². The van der Waals surface area contributed by atoms with Crippen molar-refractivity contribution in [3.05, 3.63) is 15.7 Å². The number of rotatable bonds is 0. The molecular formula is C5H4Cl3N5. The van der Waals surface area contributed by atoms with Gasteiger partial charge in [-0.1, -0.05) is 34.8 Å². The minimum absolute atomic E-state index is 0. The van der Waals surface area contributed by atoms with E-state index in [1.165, 1.54) is 0 Å². The number of hydrogen-bond acceptors (Lipinski definition) is 3. The average Bonchev–Trinajstić information content (AvgIpc) is 2.29. The predicted octanol–water partition coefficient (Wildman–Crippen LogP) is 2.32. The number of imidazole rings is 1. The van der Waals surface area contributed by atoms with E-state index in [1.807, 2.05) is 0 Å². The van der Waals surface area contributed by atoms with Crippen molar-refractivity contribution in [1.29, 1.82) is 0 Å². The molecule has 8 heteroatoms. The van der Waals surface area contributed by atoms with E-state index in [9.17, 15) is 0 Å². The predicted molar refractivity (Wildman–Crippen MR) is 51.7 cm³/mol. The Morgan fingerprint density at radius 3 is 2.38 bits per heavy atom. The van der Waals surface area contributed by atoms with Crippen molar-refractivity contribution in [3.63, 3.8) is 0 Å². The maximum atomic E-state index is 5.68. The molecule has 0 atom stereocenters. The van der Waals surface area contributed by atoms with E-state index in [-0.39, 0.29) is 21.9 Å². The molecule has 0 aliphatic heterocycles. The SMILES string of the molecule is Clc1nc(Cl)c2nc(Cl)[n-]c2n1.[NH4+]. The minimum Gasteiger partial charge on any atom is -0.369 e. The summed E-state index contributed by atoms with van der Waals surface area (Å²) in [5, 5.41) is 0.275. The second kappa shape index (κ2) is 3.63. The molecule has 0 saturated carbocycles. The molecule has 13 heavy (non-hydrogen) atoms. The second-order valence-electron chi connectivity index (χ2n) is 1.95. The van der Waals surface area contributed by atoms with Gasteiger partial charge in [0, 0.05) is 11.2 Å². The first kappa shape index (κ1) is 10.5. The third-order valence-electron chi connectivity index (χ3n) is 1.20. The first-order valence-corrected chi connectivity index (χ1v) is 3.99. The molecule has 0 fully saturated rings. The van der Waals surface area contributed by atoms with Crippen molar-refractivity contribution in [2.75, 3.05) is 0 Å². The van der Waals surface area contributed by atoms with Crippen LogP contribution >= 0.6 is 34.8 Å². The fourth-order valence-electron chi connectivity index (χ4n) is 0.770. The lowest BCUT2D eigenvalue weighted by Gasteiger charge is -1.98. The van der Waals surface area contributed by atoms with Crippen LogP contribution in [0.5, 0.6) is 0 Å². The molecule has 0 spiro atoms. The average molecular weight is 240 g/mol. The molecule has 2 aromatic heterocycles. The van der Waals surface area contributed by atoms with Crippen LogP contribution in [0, 0.1) is 0 Å². The third-order valence-corrected chi connectivity index (χ3v) is 1.80. The number of hydrogen-bond donors (Lipinski definition) is 1. The van der Waals surface area contributed by atoms with Crippen LogP contribution in [-0.2, 0) is 0 Å². The lowest BCUT2D eigenvalue weighted by molar-refractivity contribution is 1.19. The monoisotopic (exact) mass is 239 g/mol. The summed E-state index contributed by atoms with van der Waals surface area (Å²) in [7, 11) is 0. The van der Waals surface area contributed by atoms with Gasteiger partial charge in [-0.15, -0.1) is 0 Å². The van der Waals surface area contributed by atoms with E-state index in [0.717, 1.165) is 0 Å². The highest BCUT2D eigenvalue weighted by molar-refractivity contribution is 6.35. The number of quaternary nitrogens is 1. The van der Waals surface area contributed by atoms with Gasteiger partial charge >= 0.3 is 0 Å². The van der Waals surface area contributed by atoms with Crippen LogP contribution in [-0.4, -0.2) is 15.0 Å². The molecule has 0 aliphatic rings. The molecule has 0 saturated heterocycles. The highest BCUT2D eigenvalue weighted by atomic mass is 35.5. The fraction of sp³-hybridized carbons (Fsp3) is 0. The summed E-state index contributed by atoms with van der Waals surface area (Å²) >= 11 is 16.7. The normalized spacial score (nSPS) is 10.1. The van der Waals surface area contributed by atoms with Gasteiger partial charge in [0.1, 0.15) is 5.15 Å². The van der Waals surface area contributed by atoms with Crippen LogP contribution in [0.1, 0.15) is 0 Å². The van der Waals surface area contributed by atoms with Gasteiger partial charge in [0.15, 0.2) is 5.28 Å². The van der Waals surface area contributed by atoms with Crippen LogP contribution in [0.2, 0.25) is 15.7 Å². The Kier molecular flexibility index (Phi) is 2.92. The van der Waals surface area contributed by atoms with E-state index in [4.69, 9.17) is 34.8 Å². The first-order chi connectivity index (χ1) is 5.66. The molecule has 0 radical (unpaired) electrons. The van der Waals surface area contributed by atoms with Crippen LogP contribution < -0.4 is 11.1 Å². The quantitative estimate of drug-likeness (QED) is 0.435. The van der Waals surface area contributed by atoms with Gasteiger partial charge in [-0.3, -0.25) is 0 Å². The summed E-state index contributed by atoms with van der Waals surface area (Å²) < 4.78 is 0. The summed E-state index contributed by atoms with van der Waals surface area (Å²) in [4.78, 5) is 15.0. The number of fused-ring (bicyclic) bond motifs is 1. The summed E-state index contributed by atoms with van der Waals surface area (Å²) in [6.07, 6.45) is 0. The largest absolute Gasteiger partial charge is 0.369 e. The Hall–Kier alpha value is -0.620. The molecule has 2 heterocycles. The molecule has 0 bridgehead atoms. The Labute approximate surface area is 88.0 Å². The Morgan fingerprint density at radius 1 is 1.00 bits per heavy atom. The summed E-state index contributed by atoms with van der Waals surface area (Å²) in [5.41, 5.74) is 0.677. The van der Waals surface area contributed by atoms with Crippen molar-refractivity contribution in [3.8, 4) is 0 Å². The number of nitrogens with zero attached hydrogens (tertiary/aromatic N) is 4. The topological polar surface area (TPSA) is 89.3 Å². The molecule has 4 N–H and O–H groups in total. The Bertz CT molecular complexity index is 439. The van der Waals surface area contributed by atoms with Gasteiger partial charge in [-0.05, 0) is 0 Å². The van der Waals surface area contributed by atoms with Crippen LogP contribution in [0.3, 0.4) is 0 Å². The van der Waals surface area contributed by atoms with E-state index >= 15 is 0 Å². The van der Waals surface area contributed by atoms with Gasteiger partial charge in [0.05, 0.1) is 5.28 Å². The lowest BCUT2D eigenvalue weighted by atomic mass is 10.6. The molecule has 5 nitrogen and oxygen atoms in total. The second-order valence-corrected chi connectivity index (χ2v) is 2.98. The molecule has 0 aromatic carbocycles. The minimum atomic E-state index is 0. The van der Waals surface area contributed by atoms with Crippen molar-refractivity contribution >= 4 is 46.0 Å². The van der Waals surface area contributed by atoms with Crippen molar-refractivity contribution in [2.24, 2.45) is 0 Å². The lowest BCUT2D eigenvalue weighted by Crippen LogP contribution is -1.85. The molecule has 0 aliphatic carbocycles. The van der Waals surface area contributed by atoms with E-state index in [1.54, 1.807) is 0 Å². The smallest absolute Gasteiger partial charge is 0.153 e. The van der Waals surface area contributed by atoms with Gasteiger partial charge in [0.2, 0.25) is 0 Å². The van der Waals surface area contributed by atoms with E-state index in [2.05, 4.69) is 19.9 Å². The maximum Gasteiger partial charge on any atom is 0.153 e. The Morgan fingerprint density at radius 2 is 1.69 bits per heavy atom. The number of aromatic nitrogens is 4. The van der Waals surface area contributed by atoms with Gasteiger partial charge in [-0.2, -0.15) is 0 Å². The summed E-state index contributed by atoms with van der Waals surface area (Å²) in [6, 6.07) is 0. The molecule has 2 rings (SSSR count). The van der Waals surface area contributed by atoms with E-state index in [0.29, 0.717) is 11.2 Å². The third kappa shape index (κ3) is 1.83. The van der Waals surface area contributed by atoms with Crippen LogP contribution in [0.25, 0.3) is 11.2 Å². The molecule has 0 amide bonds. The van der Waals surface area contributed by atoms with Crippen LogP contribution in [0.15, 0.2) is 0 Å². The maximum absolute atomic E-state index is 5.68. The zero-order valence-corrected chi connectivity index (χ0v) is 8.69. The fourth-order valence-corrected chi connectivity index (χ4v) is 1.35. The Balaban J connectivity index is 0.000000845. The zero-order chi connectivity index (χ0) is 8.72. The molecule has 0 unspecified atom stereocenters. The first-order valence-electron chi connectivity index (χ1n) is 2.86. The number of halogens is 3. The van der Waals surface area contributed by atoms with Crippen molar-refractivity contribution in [1.82, 2.24) is 26.1 Å².